The summed E-state index contributed by atoms with van der Waals surface area (Å²) < 4.78 is 0. The van der Waals surface area contributed by atoms with Gasteiger partial charge in [0.25, 0.3) is 0 Å². The third-order valence-electron chi connectivity index (χ3n) is 2.96. The van der Waals surface area contributed by atoms with Crippen LogP contribution in [0.4, 0.5) is 0 Å². The topological polar surface area (TPSA) is 17.1 Å². The van der Waals surface area contributed by atoms with Crippen LogP contribution in [0.5, 0.6) is 0 Å². The van der Waals surface area contributed by atoms with Crippen molar-refractivity contribution in [1.29, 1.82) is 0 Å². The highest BCUT2D eigenvalue weighted by atomic mass is 16.1. The van der Waals surface area contributed by atoms with Crippen LogP contribution in [0.15, 0.2) is 0 Å². The van der Waals surface area contributed by atoms with Crippen molar-refractivity contribution < 1.29 is 4.79 Å². The summed E-state index contributed by atoms with van der Waals surface area (Å²) in [5.41, 5.74) is 0.363. The molecule has 0 N–H and O–H groups in total. The van der Waals surface area contributed by atoms with Gasteiger partial charge in [0.15, 0.2) is 0 Å². The van der Waals surface area contributed by atoms with Gasteiger partial charge in [-0.2, -0.15) is 0 Å². The molecule has 0 aliphatic carbocycles. The van der Waals surface area contributed by atoms with Crippen molar-refractivity contribution in [3.63, 3.8) is 0 Å². The second-order valence-electron chi connectivity index (χ2n) is 4.88. The number of carbonyl (C=O) groups excluding carboxylic acids is 1. The van der Waals surface area contributed by atoms with Gasteiger partial charge in [-0.1, -0.05) is 34.6 Å². The van der Waals surface area contributed by atoms with Crippen LogP contribution in [-0.2, 0) is 4.79 Å². The zero-order valence-corrected chi connectivity index (χ0v) is 9.05. The van der Waals surface area contributed by atoms with Gasteiger partial charge >= 0.3 is 0 Å². The largest absolute Gasteiger partial charge is 0.303 e. The average Bonchev–Trinajstić information content (AvgIpc) is 1.97. The molecular weight excluding hydrogens is 148 g/mol. The fourth-order valence-electron chi connectivity index (χ4n) is 1.43. The van der Waals surface area contributed by atoms with Crippen LogP contribution in [0, 0.1) is 17.3 Å². The molecule has 0 rings (SSSR count). The molecule has 0 aliphatic rings. The molecule has 1 nitrogen and oxygen atoms in total. The maximum absolute atomic E-state index is 10.2. The summed E-state index contributed by atoms with van der Waals surface area (Å²) in [6, 6.07) is 0. The van der Waals surface area contributed by atoms with Crippen molar-refractivity contribution >= 4 is 6.29 Å². The van der Waals surface area contributed by atoms with Crippen molar-refractivity contribution in [2.75, 3.05) is 0 Å². The predicted octanol–water partition coefficient (Wildman–Crippen LogP) is 3.28. The molecule has 0 aromatic heterocycles. The molecule has 0 fully saturated rings. The van der Waals surface area contributed by atoms with Crippen molar-refractivity contribution in [2.24, 2.45) is 17.3 Å². The lowest BCUT2D eigenvalue weighted by Gasteiger charge is -2.32. The van der Waals surface area contributed by atoms with E-state index in [1.807, 2.05) is 0 Å². The van der Waals surface area contributed by atoms with Crippen molar-refractivity contribution in [2.45, 2.75) is 47.5 Å². The third kappa shape index (κ3) is 3.89. The highest BCUT2D eigenvalue weighted by Crippen LogP contribution is 2.33. The zero-order chi connectivity index (χ0) is 9.78. The van der Waals surface area contributed by atoms with Gasteiger partial charge in [-0.05, 0) is 23.7 Å². The van der Waals surface area contributed by atoms with Crippen LogP contribution in [0.25, 0.3) is 0 Å². The molecule has 0 aromatic carbocycles. The van der Waals surface area contributed by atoms with E-state index in [4.69, 9.17) is 0 Å². The summed E-state index contributed by atoms with van der Waals surface area (Å²) in [5, 5.41) is 0. The quantitative estimate of drug-likeness (QED) is 0.592. The number of hydrogen-bond donors (Lipinski definition) is 0. The van der Waals surface area contributed by atoms with Gasteiger partial charge in [-0.25, -0.2) is 0 Å². The minimum absolute atomic E-state index is 0.363. The van der Waals surface area contributed by atoms with Gasteiger partial charge in [-0.15, -0.1) is 0 Å². The molecular formula is C11H22O. The lowest BCUT2D eigenvalue weighted by molar-refractivity contribution is -0.108. The molecule has 2 atom stereocenters. The standard InChI is InChI=1S/C11H22O/c1-9(7-6-8-12)10(2)11(3,4)5/h8-10H,6-7H2,1-5H3. The first-order valence-corrected chi connectivity index (χ1v) is 4.83. The molecule has 2 unspecified atom stereocenters. The van der Waals surface area contributed by atoms with E-state index in [1.54, 1.807) is 0 Å². The highest BCUT2D eigenvalue weighted by molar-refractivity contribution is 5.49. The van der Waals surface area contributed by atoms with E-state index in [-0.39, 0.29) is 0 Å². The number of carbonyl (C=O) groups is 1. The monoisotopic (exact) mass is 170 g/mol. The van der Waals surface area contributed by atoms with E-state index in [0.717, 1.165) is 12.7 Å². The minimum Gasteiger partial charge on any atom is -0.303 e. The summed E-state index contributed by atoms with van der Waals surface area (Å²) in [6.45, 7) is 11.3. The van der Waals surface area contributed by atoms with Crippen molar-refractivity contribution in [1.82, 2.24) is 0 Å². The molecule has 72 valence electrons. The Labute approximate surface area is 76.6 Å². The van der Waals surface area contributed by atoms with Gasteiger partial charge in [0.1, 0.15) is 6.29 Å². The Morgan fingerprint density at radius 1 is 1.25 bits per heavy atom. The normalized spacial score (nSPS) is 17.1. The SMILES string of the molecule is CC(CCC=O)C(C)C(C)(C)C. The molecule has 0 radical (unpaired) electrons. The van der Waals surface area contributed by atoms with Gasteiger partial charge in [0.05, 0.1) is 0 Å². The second kappa shape index (κ2) is 4.64. The Hall–Kier alpha value is -0.330. The van der Waals surface area contributed by atoms with E-state index < -0.39 is 0 Å². The molecule has 0 spiro atoms. The summed E-state index contributed by atoms with van der Waals surface area (Å²) in [6.07, 6.45) is 2.76. The Bertz CT molecular complexity index is 132. The smallest absolute Gasteiger partial charge is 0.120 e. The van der Waals surface area contributed by atoms with Gasteiger partial charge in [0.2, 0.25) is 0 Å². The number of aldehydes is 1. The molecule has 0 saturated heterocycles. The highest BCUT2D eigenvalue weighted by Gasteiger charge is 2.24. The molecule has 0 aliphatic heterocycles. The lowest BCUT2D eigenvalue weighted by atomic mass is 9.74. The van der Waals surface area contributed by atoms with Gasteiger partial charge in [-0.3, -0.25) is 0 Å². The fourth-order valence-corrected chi connectivity index (χ4v) is 1.43. The van der Waals surface area contributed by atoms with Gasteiger partial charge < -0.3 is 4.79 Å². The summed E-state index contributed by atoms with van der Waals surface area (Å²) in [7, 11) is 0. The third-order valence-corrected chi connectivity index (χ3v) is 2.96. The van der Waals surface area contributed by atoms with Gasteiger partial charge in [0, 0.05) is 6.42 Å². The Morgan fingerprint density at radius 2 is 1.75 bits per heavy atom. The maximum atomic E-state index is 10.2. The molecule has 1 heteroatoms. The van der Waals surface area contributed by atoms with Crippen LogP contribution in [0.2, 0.25) is 0 Å². The minimum atomic E-state index is 0.363. The maximum Gasteiger partial charge on any atom is 0.120 e. The first kappa shape index (κ1) is 11.7. The van der Waals surface area contributed by atoms with Crippen molar-refractivity contribution in [3.05, 3.63) is 0 Å². The molecule has 0 bridgehead atoms. The summed E-state index contributed by atoms with van der Waals surface area (Å²) in [5.74, 6) is 1.33. The Morgan fingerprint density at radius 3 is 2.08 bits per heavy atom. The molecule has 0 saturated carbocycles. The Balaban J connectivity index is 3.92. The summed E-state index contributed by atoms with van der Waals surface area (Å²) >= 11 is 0. The summed E-state index contributed by atoms with van der Waals surface area (Å²) in [4.78, 5) is 10.2. The first-order chi connectivity index (χ1) is 5.39. The molecule has 0 amide bonds. The average molecular weight is 170 g/mol. The van der Waals surface area contributed by atoms with E-state index in [2.05, 4.69) is 34.6 Å². The van der Waals surface area contributed by atoms with E-state index in [0.29, 0.717) is 23.7 Å². The first-order valence-electron chi connectivity index (χ1n) is 4.83. The Kier molecular flexibility index (Phi) is 4.51. The lowest BCUT2D eigenvalue weighted by Crippen LogP contribution is -2.23. The number of hydrogen-bond acceptors (Lipinski definition) is 1. The molecule has 0 heterocycles. The predicted molar refractivity (Wildman–Crippen MR) is 53.1 cm³/mol. The van der Waals surface area contributed by atoms with Crippen LogP contribution >= 0.6 is 0 Å². The van der Waals surface area contributed by atoms with Crippen LogP contribution in [0.3, 0.4) is 0 Å². The van der Waals surface area contributed by atoms with Crippen LogP contribution < -0.4 is 0 Å². The van der Waals surface area contributed by atoms with Crippen LogP contribution in [-0.4, -0.2) is 6.29 Å². The van der Waals surface area contributed by atoms with Crippen molar-refractivity contribution in [3.8, 4) is 0 Å². The molecule has 0 aromatic rings. The van der Waals surface area contributed by atoms with E-state index >= 15 is 0 Å². The zero-order valence-electron chi connectivity index (χ0n) is 9.05. The van der Waals surface area contributed by atoms with E-state index in [9.17, 15) is 4.79 Å². The number of rotatable bonds is 4. The second-order valence-corrected chi connectivity index (χ2v) is 4.88. The van der Waals surface area contributed by atoms with Crippen LogP contribution in [0.1, 0.15) is 47.5 Å². The van der Waals surface area contributed by atoms with E-state index in [1.165, 1.54) is 0 Å². The fraction of sp³-hybridized carbons (Fsp3) is 0.909. The molecule has 12 heavy (non-hydrogen) atoms.